The highest BCUT2D eigenvalue weighted by Gasteiger charge is 2.35. The molecule has 9 heteroatoms. The molecule has 0 radical (unpaired) electrons. The Bertz CT molecular complexity index is 982. The van der Waals surface area contributed by atoms with E-state index in [-0.39, 0.29) is 23.3 Å². The molecule has 3 N–H and O–H groups in total. The van der Waals surface area contributed by atoms with Gasteiger partial charge in [-0.2, -0.15) is 13.2 Å². The molecule has 0 amide bonds. The molecule has 0 spiro atoms. The summed E-state index contributed by atoms with van der Waals surface area (Å²) in [4.78, 5) is 19.2. The van der Waals surface area contributed by atoms with Gasteiger partial charge in [0.2, 0.25) is 0 Å². The lowest BCUT2D eigenvalue weighted by Gasteiger charge is -2.15. The normalized spacial score (nSPS) is 13.1. The van der Waals surface area contributed by atoms with Crippen LogP contribution in [-0.2, 0) is 17.4 Å². The van der Waals surface area contributed by atoms with Gasteiger partial charge in [0.05, 0.1) is 11.3 Å². The maximum atomic E-state index is 13.4. The van der Waals surface area contributed by atoms with Crippen molar-refractivity contribution in [3.63, 3.8) is 0 Å². The third-order valence-electron chi connectivity index (χ3n) is 3.97. The summed E-state index contributed by atoms with van der Waals surface area (Å²) in [5.41, 5.74) is 5.91. The van der Waals surface area contributed by atoms with Crippen molar-refractivity contribution < 1.29 is 23.1 Å². The SMILES string of the molecule is Cc1ccc(C(F)(F)F)c(-c2ccc(CC(N)C(=O)O)n3ccnc23)n1. The number of alkyl halides is 3. The zero-order valence-electron chi connectivity index (χ0n) is 13.7. The van der Waals surface area contributed by atoms with E-state index in [1.165, 1.54) is 28.8 Å². The maximum absolute atomic E-state index is 13.4. The topological polar surface area (TPSA) is 93.5 Å². The van der Waals surface area contributed by atoms with Gasteiger partial charge in [0.1, 0.15) is 11.7 Å². The minimum atomic E-state index is -4.57. The molecule has 0 aliphatic rings. The van der Waals surface area contributed by atoms with Crippen molar-refractivity contribution in [2.75, 3.05) is 0 Å². The van der Waals surface area contributed by atoms with Gasteiger partial charge in [-0.1, -0.05) is 0 Å². The van der Waals surface area contributed by atoms with Gasteiger partial charge in [0.25, 0.3) is 0 Å². The molecule has 0 saturated heterocycles. The number of hydrogen-bond donors (Lipinski definition) is 2. The van der Waals surface area contributed by atoms with E-state index >= 15 is 0 Å². The van der Waals surface area contributed by atoms with Crippen LogP contribution >= 0.6 is 0 Å². The van der Waals surface area contributed by atoms with Crippen LogP contribution in [0.2, 0.25) is 0 Å². The van der Waals surface area contributed by atoms with E-state index in [9.17, 15) is 18.0 Å². The zero-order valence-corrected chi connectivity index (χ0v) is 13.7. The van der Waals surface area contributed by atoms with E-state index in [2.05, 4.69) is 9.97 Å². The molecule has 0 fully saturated rings. The van der Waals surface area contributed by atoms with Gasteiger partial charge in [0, 0.05) is 35.8 Å². The number of aliphatic carboxylic acids is 1. The van der Waals surface area contributed by atoms with E-state index in [1.54, 1.807) is 13.1 Å². The fourth-order valence-electron chi connectivity index (χ4n) is 2.72. The third kappa shape index (κ3) is 3.25. The molecule has 0 aliphatic carbocycles. The number of nitrogens with zero attached hydrogens (tertiary/aromatic N) is 3. The summed E-state index contributed by atoms with van der Waals surface area (Å²) in [6, 6.07) is 4.16. The predicted molar refractivity (Wildman–Crippen MR) is 87.5 cm³/mol. The van der Waals surface area contributed by atoms with Crippen molar-refractivity contribution >= 4 is 11.6 Å². The maximum Gasteiger partial charge on any atom is 0.418 e. The number of aromatic nitrogens is 3. The van der Waals surface area contributed by atoms with Crippen molar-refractivity contribution in [2.45, 2.75) is 25.6 Å². The van der Waals surface area contributed by atoms with Crippen LogP contribution < -0.4 is 5.73 Å². The summed E-state index contributed by atoms with van der Waals surface area (Å²) in [5, 5.41) is 8.97. The van der Waals surface area contributed by atoms with Gasteiger partial charge in [-0.05, 0) is 31.2 Å². The van der Waals surface area contributed by atoms with Gasteiger partial charge in [-0.3, -0.25) is 9.78 Å². The first kappa shape index (κ1) is 17.9. The first-order chi connectivity index (χ1) is 12.2. The van der Waals surface area contributed by atoms with E-state index in [1.807, 2.05) is 0 Å². The van der Waals surface area contributed by atoms with E-state index < -0.39 is 23.8 Å². The van der Waals surface area contributed by atoms with Crippen LogP contribution in [0, 0.1) is 6.92 Å². The molecule has 0 aromatic carbocycles. The second-order valence-electron chi connectivity index (χ2n) is 5.85. The Morgan fingerprint density at radius 2 is 2.04 bits per heavy atom. The lowest BCUT2D eigenvalue weighted by atomic mass is 10.0. The van der Waals surface area contributed by atoms with Crippen LogP contribution in [-0.4, -0.2) is 31.5 Å². The molecule has 3 aromatic heterocycles. The molecule has 3 rings (SSSR count). The highest BCUT2D eigenvalue weighted by Crippen LogP contribution is 2.37. The summed E-state index contributed by atoms with van der Waals surface area (Å²) in [5.74, 6) is -1.16. The zero-order chi connectivity index (χ0) is 19.1. The van der Waals surface area contributed by atoms with Gasteiger partial charge in [0.15, 0.2) is 0 Å². The Morgan fingerprint density at radius 3 is 2.69 bits per heavy atom. The molecule has 1 atom stereocenters. The largest absolute Gasteiger partial charge is 0.480 e. The van der Waals surface area contributed by atoms with Gasteiger partial charge < -0.3 is 15.2 Å². The summed E-state index contributed by atoms with van der Waals surface area (Å²) in [7, 11) is 0. The molecule has 0 saturated carbocycles. The number of halogens is 3. The van der Waals surface area contributed by atoms with Gasteiger partial charge in [-0.15, -0.1) is 0 Å². The van der Waals surface area contributed by atoms with Crippen LogP contribution in [0.15, 0.2) is 36.7 Å². The number of pyridine rings is 2. The quantitative estimate of drug-likeness (QED) is 0.742. The monoisotopic (exact) mass is 364 g/mol. The molecule has 136 valence electrons. The van der Waals surface area contributed by atoms with Crippen LogP contribution in [0.3, 0.4) is 0 Å². The van der Waals surface area contributed by atoms with Crippen LogP contribution in [0.25, 0.3) is 16.9 Å². The number of imidazole rings is 1. The summed E-state index contributed by atoms with van der Waals surface area (Å²) < 4.78 is 41.7. The van der Waals surface area contributed by atoms with Gasteiger partial charge >= 0.3 is 12.1 Å². The number of carbonyl (C=O) groups is 1. The van der Waals surface area contributed by atoms with Crippen molar-refractivity contribution in [3.8, 4) is 11.3 Å². The number of nitrogens with two attached hydrogens (primary N) is 1. The van der Waals surface area contributed by atoms with Crippen molar-refractivity contribution in [1.82, 2.24) is 14.4 Å². The summed E-state index contributed by atoms with van der Waals surface area (Å²) >= 11 is 0. The Kier molecular flexibility index (Phi) is 4.41. The first-order valence-electron chi connectivity index (χ1n) is 7.67. The molecule has 1 unspecified atom stereocenters. The molecule has 6 nitrogen and oxygen atoms in total. The lowest BCUT2D eigenvalue weighted by molar-refractivity contribution is -0.139. The predicted octanol–water partition coefficient (Wildman–Crippen LogP) is 2.68. The van der Waals surface area contributed by atoms with Crippen molar-refractivity contribution in [1.29, 1.82) is 0 Å². The molecular weight excluding hydrogens is 349 g/mol. The minimum absolute atomic E-state index is 0.00977. The highest BCUT2D eigenvalue weighted by molar-refractivity contribution is 5.78. The molecule has 0 bridgehead atoms. The second-order valence-corrected chi connectivity index (χ2v) is 5.85. The minimum Gasteiger partial charge on any atom is -0.480 e. The number of hydrogen-bond acceptors (Lipinski definition) is 4. The van der Waals surface area contributed by atoms with E-state index in [0.717, 1.165) is 6.07 Å². The Balaban J connectivity index is 2.19. The first-order valence-corrected chi connectivity index (χ1v) is 7.67. The average Bonchev–Trinajstić information content (AvgIpc) is 3.03. The highest BCUT2D eigenvalue weighted by atomic mass is 19.4. The second kappa shape index (κ2) is 6.41. The number of carboxylic acid groups (broad SMARTS) is 1. The number of fused-ring (bicyclic) bond motifs is 1. The summed E-state index contributed by atoms with van der Waals surface area (Å²) in [6.07, 6.45) is -1.58. The van der Waals surface area contributed by atoms with Crippen LogP contribution in [0.5, 0.6) is 0 Å². The molecule has 3 heterocycles. The third-order valence-corrected chi connectivity index (χ3v) is 3.97. The number of rotatable bonds is 4. The fraction of sp³-hybridized carbons (Fsp3) is 0.235. The average molecular weight is 364 g/mol. The van der Waals surface area contributed by atoms with Crippen LogP contribution in [0.1, 0.15) is 17.0 Å². The van der Waals surface area contributed by atoms with E-state index in [0.29, 0.717) is 11.4 Å². The number of aryl methyl sites for hydroxylation is 1. The standard InChI is InChI=1S/C17H15F3N4O2/c1-9-2-5-12(17(18,19)20)14(23-9)11-4-3-10(8-13(21)16(25)26)24-7-6-22-15(11)24/h2-7,13H,8,21H2,1H3,(H,25,26). The Hall–Kier alpha value is -2.94. The molecule has 0 aliphatic heterocycles. The number of carboxylic acids is 1. The molecular formula is C17H15F3N4O2. The van der Waals surface area contributed by atoms with Crippen molar-refractivity contribution in [2.24, 2.45) is 5.73 Å². The van der Waals surface area contributed by atoms with Crippen molar-refractivity contribution in [3.05, 3.63) is 53.6 Å². The Labute approximate surface area is 146 Å². The Morgan fingerprint density at radius 1 is 1.31 bits per heavy atom. The van der Waals surface area contributed by atoms with Gasteiger partial charge in [-0.25, -0.2) is 4.98 Å². The molecule has 26 heavy (non-hydrogen) atoms. The molecule has 3 aromatic rings. The van der Waals surface area contributed by atoms with E-state index in [4.69, 9.17) is 10.8 Å². The fourth-order valence-corrected chi connectivity index (χ4v) is 2.72. The summed E-state index contributed by atoms with van der Waals surface area (Å²) in [6.45, 7) is 1.60. The lowest BCUT2D eigenvalue weighted by Crippen LogP contribution is -2.32. The van der Waals surface area contributed by atoms with Crippen LogP contribution in [0.4, 0.5) is 13.2 Å². The smallest absolute Gasteiger partial charge is 0.418 e.